The zero-order chi connectivity index (χ0) is 37.1. The lowest BCUT2D eigenvalue weighted by molar-refractivity contribution is -0.118. The highest BCUT2D eigenvalue weighted by molar-refractivity contribution is 5.97. The van der Waals surface area contributed by atoms with Gasteiger partial charge in [0.1, 0.15) is 23.0 Å². The van der Waals surface area contributed by atoms with Crippen LogP contribution in [0.2, 0.25) is 0 Å². The lowest BCUT2D eigenvalue weighted by atomic mass is 9.96. The molecule has 0 atom stereocenters. The number of methoxy groups -OCH3 is 4. The van der Waals surface area contributed by atoms with Crippen LogP contribution in [-0.4, -0.2) is 75.5 Å². The quantitative estimate of drug-likeness (QED) is 0.0856. The summed E-state index contributed by atoms with van der Waals surface area (Å²) >= 11 is 0. The van der Waals surface area contributed by atoms with Crippen LogP contribution in [0, 0.1) is 0 Å². The fraction of sp³-hybridized carbons (Fsp3) is 0.179. The normalized spacial score (nSPS) is 10.9. The number of carboxylic acid groups (broad SMARTS) is 2. The molecule has 0 unspecified atom stereocenters. The molecule has 0 aromatic heterocycles. The average Bonchev–Trinajstić information content (AvgIpc) is 3.13. The Morgan fingerprint density at radius 1 is 0.588 bits per heavy atom. The molecule has 0 aliphatic heterocycles. The van der Waals surface area contributed by atoms with Crippen molar-refractivity contribution >= 4 is 48.1 Å². The van der Waals surface area contributed by atoms with Gasteiger partial charge in [-0.15, -0.1) is 0 Å². The number of carbonyl (C=O) groups is 4. The van der Waals surface area contributed by atoms with Gasteiger partial charge in [0.25, 0.3) is 5.91 Å². The molecule has 0 saturated carbocycles. The molecule has 0 bridgehead atoms. The molecule has 4 aromatic carbocycles. The highest BCUT2D eigenvalue weighted by atomic mass is 16.5. The number of carboxylic acids is 2. The van der Waals surface area contributed by atoms with E-state index >= 15 is 0 Å². The standard InChI is InChI=1S/C39H38N2O10/c1-23(42)40-14-15-41-37(43)27-10-8-26(9-11-27)28-17-24(6-12-31-33(38(44)45)19-29(48-2)21-35(31)50-4)16-25(18-28)7-13-32-34(39(46)47)20-30(49-3)22-36(32)51-5/h6-13,16-22H,14-15H2,1-5H3,(H,40,42)(H,41,43)(H,44,45)(H,46,47)/b12-6+,13-7+. The molecule has 2 amide bonds. The second kappa shape index (κ2) is 17.2. The predicted molar refractivity (Wildman–Crippen MR) is 194 cm³/mol. The van der Waals surface area contributed by atoms with Gasteiger partial charge < -0.3 is 39.8 Å². The molecule has 0 heterocycles. The van der Waals surface area contributed by atoms with Crippen molar-refractivity contribution in [3.8, 4) is 34.1 Å². The molecule has 51 heavy (non-hydrogen) atoms. The van der Waals surface area contributed by atoms with Crippen LogP contribution in [0.3, 0.4) is 0 Å². The maximum Gasteiger partial charge on any atom is 0.336 e. The minimum absolute atomic E-state index is 0.0162. The van der Waals surface area contributed by atoms with E-state index in [-0.39, 0.29) is 29.5 Å². The Morgan fingerprint density at radius 2 is 1.06 bits per heavy atom. The third-order valence-corrected chi connectivity index (χ3v) is 7.73. The maximum absolute atomic E-state index is 12.7. The molecule has 264 valence electrons. The average molecular weight is 695 g/mol. The van der Waals surface area contributed by atoms with Crippen molar-refractivity contribution < 1.29 is 48.3 Å². The van der Waals surface area contributed by atoms with E-state index in [9.17, 15) is 29.4 Å². The van der Waals surface area contributed by atoms with Crippen LogP contribution >= 0.6 is 0 Å². The summed E-state index contributed by atoms with van der Waals surface area (Å²) in [6.45, 7) is 1.98. The van der Waals surface area contributed by atoms with Gasteiger partial charge in [0, 0.05) is 48.8 Å². The summed E-state index contributed by atoms with van der Waals surface area (Å²) in [7, 11) is 5.75. The maximum atomic E-state index is 12.7. The van der Waals surface area contributed by atoms with Crippen LogP contribution in [0.25, 0.3) is 35.4 Å². The van der Waals surface area contributed by atoms with Gasteiger partial charge in [0.2, 0.25) is 5.91 Å². The van der Waals surface area contributed by atoms with E-state index in [2.05, 4.69) is 10.6 Å². The van der Waals surface area contributed by atoms with Gasteiger partial charge in [-0.25, -0.2) is 9.59 Å². The molecule has 0 radical (unpaired) electrons. The van der Waals surface area contributed by atoms with Crippen molar-refractivity contribution in [3.63, 3.8) is 0 Å². The van der Waals surface area contributed by atoms with E-state index in [1.165, 1.54) is 47.5 Å². The largest absolute Gasteiger partial charge is 0.497 e. The third kappa shape index (κ3) is 9.54. The molecule has 4 aromatic rings. The number of rotatable bonds is 15. The fourth-order valence-corrected chi connectivity index (χ4v) is 5.20. The number of hydrogen-bond acceptors (Lipinski definition) is 8. The van der Waals surface area contributed by atoms with Crippen molar-refractivity contribution in [2.45, 2.75) is 6.92 Å². The van der Waals surface area contributed by atoms with Crippen LogP contribution in [0.5, 0.6) is 23.0 Å². The van der Waals surface area contributed by atoms with Crippen molar-refractivity contribution in [2.24, 2.45) is 0 Å². The molecule has 4 rings (SSSR count). The summed E-state index contributed by atoms with van der Waals surface area (Å²) in [5.74, 6) is -1.53. The lowest BCUT2D eigenvalue weighted by Crippen LogP contribution is -2.33. The predicted octanol–water partition coefficient (Wildman–Crippen LogP) is 5.99. The third-order valence-electron chi connectivity index (χ3n) is 7.73. The van der Waals surface area contributed by atoms with Gasteiger partial charge >= 0.3 is 11.9 Å². The minimum Gasteiger partial charge on any atom is -0.497 e. The van der Waals surface area contributed by atoms with E-state index in [1.54, 1.807) is 60.7 Å². The van der Waals surface area contributed by atoms with Gasteiger partial charge in [0.05, 0.1) is 39.6 Å². The van der Waals surface area contributed by atoms with Gasteiger partial charge in [-0.2, -0.15) is 0 Å². The SMILES string of the molecule is COc1cc(OC)c(/C=C/c2cc(/C=C/c3c(OC)cc(OC)cc3C(=O)O)cc(-c3ccc(C(=O)NCCNC(C)=O)cc3)c2)c(C(=O)O)c1. The molecule has 0 spiro atoms. The second-order valence-corrected chi connectivity index (χ2v) is 11.1. The van der Waals surface area contributed by atoms with Crippen molar-refractivity contribution in [1.29, 1.82) is 0 Å². The first-order valence-electron chi connectivity index (χ1n) is 15.6. The van der Waals surface area contributed by atoms with Gasteiger partial charge in [-0.3, -0.25) is 9.59 Å². The molecule has 0 aliphatic carbocycles. The van der Waals surface area contributed by atoms with Crippen molar-refractivity contribution in [2.75, 3.05) is 41.5 Å². The van der Waals surface area contributed by atoms with Crippen LogP contribution in [-0.2, 0) is 4.79 Å². The smallest absolute Gasteiger partial charge is 0.336 e. The Balaban J connectivity index is 1.79. The van der Waals surface area contributed by atoms with Crippen molar-refractivity contribution in [3.05, 3.63) is 106 Å². The first-order valence-corrected chi connectivity index (χ1v) is 15.6. The summed E-state index contributed by atoms with van der Waals surface area (Å²) in [4.78, 5) is 48.1. The van der Waals surface area contributed by atoms with Crippen LogP contribution in [0.15, 0.2) is 66.7 Å². The molecule has 0 fully saturated rings. The topological polar surface area (TPSA) is 170 Å². The number of aromatic carboxylic acids is 2. The van der Waals surface area contributed by atoms with Crippen molar-refractivity contribution in [1.82, 2.24) is 10.6 Å². The molecule has 0 aliphatic rings. The molecule has 12 heteroatoms. The Hall–Kier alpha value is -6.56. The summed E-state index contributed by atoms with van der Waals surface area (Å²) < 4.78 is 21.5. The summed E-state index contributed by atoms with van der Waals surface area (Å²) in [6, 6.07) is 18.6. The monoisotopic (exact) mass is 694 g/mol. The Kier molecular flexibility index (Phi) is 12.6. The van der Waals surface area contributed by atoms with E-state index in [0.29, 0.717) is 57.4 Å². The number of amides is 2. The lowest BCUT2D eigenvalue weighted by Gasteiger charge is -2.12. The number of hydrogen-bond donors (Lipinski definition) is 4. The summed E-state index contributed by atoms with van der Waals surface area (Å²) in [5.41, 5.74) is 3.95. The van der Waals surface area contributed by atoms with E-state index in [4.69, 9.17) is 18.9 Å². The molecule has 12 nitrogen and oxygen atoms in total. The number of carbonyl (C=O) groups excluding carboxylic acids is 2. The van der Waals surface area contributed by atoms with E-state index in [0.717, 1.165) is 11.1 Å². The Bertz CT molecular complexity index is 1900. The fourth-order valence-electron chi connectivity index (χ4n) is 5.20. The minimum atomic E-state index is -1.16. The highest BCUT2D eigenvalue weighted by Gasteiger charge is 2.17. The number of nitrogens with one attached hydrogen (secondary N) is 2. The molecular formula is C39H38N2O10. The number of benzene rings is 4. The Labute approximate surface area is 294 Å². The molecule has 0 saturated heterocycles. The summed E-state index contributed by atoms with van der Waals surface area (Å²) in [6.07, 6.45) is 6.76. The second-order valence-electron chi connectivity index (χ2n) is 11.1. The van der Waals surface area contributed by atoms with E-state index < -0.39 is 11.9 Å². The van der Waals surface area contributed by atoms with Gasteiger partial charge in [0.15, 0.2) is 0 Å². The van der Waals surface area contributed by atoms with Crippen LogP contribution < -0.4 is 29.6 Å². The zero-order valence-electron chi connectivity index (χ0n) is 28.7. The van der Waals surface area contributed by atoms with Gasteiger partial charge in [-0.05, 0) is 76.9 Å². The Morgan fingerprint density at radius 3 is 1.47 bits per heavy atom. The summed E-state index contributed by atoms with van der Waals surface area (Å²) in [5, 5.41) is 25.3. The zero-order valence-corrected chi connectivity index (χ0v) is 28.7. The molecule has 4 N–H and O–H groups in total. The van der Waals surface area contributed by atoms with E-state index in [1.807, 2.05) is 18.2 Å². The molecular weight excluding hydrogens is 656 g/mol. The first-order chi connectivity index (χ1) is 24.5. The number of ether oxygens (including phenoxy) is 4. The highest BCUT2D eigenvalue weighted by Crippen LogP contribution is 2.33. The van der Waals surface area contributed by atoms with Crippen LogP contribution in [0.1, 0.15) is 60.3 Å². The first kappa shape index (κ1) is 37.3. The van der Waals surface area contributed by atoms with Gasteiger partial charge in [-0.1, -0.05) is 24.3 Å². The van der Waals surface area contributed by atoms with Crippen LogP contribution in [0.4, 0.5) is 0 Å².